The standard InChI is InChI=1S/C12H15N5O5/c1-3-21-11(18)9-6(2)14-12(16-13)15-10(9)7-4-5-8(22-7)17(19)20/h4-5,10H,3,13H2,1-2H3,(H2,14,15,16)/t10-/m0/s1. The molecule has 4 N–H and O–H groups in total. The highest BCUT2D eigenvalue weighted by Gasteiger charge is 2.33. The van der Waals surface area contributed by atoms with Gasteiger partial charge in [0.25, 0.3) is 0 Å². The van der Waals surface area contributed by atoms with Crippen molar-refractivity contribution in [3.05, 3.63) is 39.3 Å². The van der Waals surface area contributed by atoms with Crippen molar-refractivity contribution in [2.75, 3.05) is 6.61 Å². The summed E-state index contributed by atoms with van der Waals surface area (Å²) in [7, 11) is 0. The first kappa shape index (κ1) is 15.5. The molecule has 0 fully saturated rings. The summed E-state index contributed by atoms with van der Waals surface area (Å²) < 4.78 is 10.1. The van der Waals surface area contributed by atoms with Crippen LogP contribution in [0.3, 0.4) is 0 Å². The highest BCUT2D eigenvalue weighted by molar-refractivity contribution is 5.95. The Morgan fingerprint density at radius 3 is 2.91 bits per heavy atom. The van der Waals surface area contributed by atoms with Crippen LogP contribution >= 0.6 is 0 Å². The van der Waals surface area contributed by atoms with E-state index in [2.05, 4.69) is 15.7 Å². The summed E-state index contributed by atoms with van der Waals surface area (Å²) in [5.41, 5.74) is 2.99. The van der Waals surface area contributed by atoms with Gasteiger partial charge in [0, 0.05) is 5.70 Å². The Morgan fingerprint density at radius 2 is 2.36 bits per heavy atom. The van der Waals surface area contributed by atoms with E-state index >= 15 is 0 Å². The molecule has 0 radical (unpaired) electrons. The van der Waals surface area contributed by atoms with Gasteiger partial charge in [0.05, 0.1) is 18.2 Å². The van der Waals surface area contributed by atoms with E-state index in [1.807, 2.05) is 0 Å². The zero-order valence-corrected chi connectivity index (χ0v) is 12.0. The van der Waals surface area contributed by atoms with E-state index < -0.39 is 22.8 Å². The van der Waals surface area contributed by atoms with Gasteiger partial charge in [-0.1, -0.05) is 0 Å². The molecule has 0 saturated heterocycles. The fourth-order valence-electron chi connectivity index (χ4n) is 2.02. The lowest BCUT2D eigenvalue weighted by Crippen LogP contribution is -2.44. The van der Waals surface area contributed by atoms with Crippen molar-refractivity contribution in [1.29, 1.82) is 0 Å². The topological polar surface area (TPSA) is 145 Å². The third-order valence-electron chi connectivity index (χ3n) is 2.94. The molecule has 1 aromatic rings. The maximum Gasteiger partial charge on any atom is 0.433 e. The summed E-state index contributed by atoms with van der Waals surface area (Å²) in [6, 6.07) is 1.69. The number of furan rings is 1. The van der Waals surface area contributed by atoms with Gasteiger partial charge in [0.1, 0.15) is 16.7 Å². The molecule has 10 heteroatoms. The molecule has 1 aliphatic heterocycles. The Bertz CT molecular complexity index is 663. The van der Waals surface area contributed by atoms with Crippen LogP contribution in [0.15, 0.2) is 32.8 Å². The number of carbonyl (C=O) groups is 1. The SMILES string of the molecule is CCOC(=O)C1=C(C)NC(NN)=N[C@H]1c1ccc([N+](=O)[O-])o1. The number of hydrogen-bond donors (Lipinski definition) is 3. The number of ether oxygens (including phenoxy) is 1. The van der Waals surface area contributed by atoms with Crippen molar-refractivity contribution in [3.63, 3.8) is 0 Å². The minimum atomic E-state index is -0.889. The molecule has 0 bridgehead atoms. The molecule has 1 atom stereocenters. The quantitative estimate of drug-likeness (QED) is 0.315. The van der Waals surface area contributed by atoms with Gasteiger partial charge in [-0.2, -0.15) is 0 Å². The number of carbonyl (C=O) groups excluding carboxylic acids is 1. The second-order valence-electron chi connectivity index (χ2n) is 4.34. The second-order valence-corrected chi connectivity index (χ2v) is 4.34. The maximum atomic E-state index is 12.1. The van der Waals surface area contributed by atoms with Gasteiger partial charge in [-0.25, -0.2) is 15.6 Å². The van der Waals surface area contributed by atoms with E-state index in [1.165, 1.54) is 12.1 Å². The van der Waals surface area contributed by atoms with Gasteiger partial charge >= 0.3 is 11.9 Å². The van der Waals surface area contributed by atoms with Crippen molar-refractivity contribution >= 4 is 17.8 Å². The lowest BCUT2D eigenvalue weighted by atomic mass is 10.0. The highest BCUT2D eigenvalue weighted by Crippen LogP contribution is 2.33. The van der Waals surface area contributed by atoms with Crippen LogP contribution in [0.2, 0.25) is 0 Å². The molecule has 0 aromatic carbocycles. The van der Waals surface area contributed by atoms with Crippen LogP contribution in [-0.2, 0) is 9.53 Å². The molecule has 2 heterocycles. The molecular weight excluding hydrogens is 294 g/mol. The Kier molecular flexibility index (Phi) is 4.41. The summed E-state index contributed by atoms with van der Waals surface area (Å²) in [6.07, 6.45) is 0. The number of hydrogen-bond acceptors (Lipinski definition) is 9. The zero-order chi connectivity index (χ0) is 16.3. The number of esters is 1. The fourth-order valence-corrected chi connectivity index (χ4v) is 2.02. The Balaban J connectivity index is 2.44. The van der Waals surface area contributed by atoms with Gasteiger partial charge in [-0.05, 0) is 19.9 Å². The van der Waals surface area contributed by atoms with E-state index in [4.69, 9.17) is 15.0 Å². The number of guanidine groups is 1. The minimum absolute atomic E-state index is 0.142. The van der Waals surface area contributed by atoms with Crippen LogP contribution in [-0.4, -0.2) is 23.5 Å². The fraction of sp³-hybridized carbons (Fsp3) is 0.333. The number of rotatable bonds is 4. The molecule has 10 nitrogen and oxygen atoms in total. The van der Waals surface area contributed by atoms with Crippen molar-refractivity contribution in [2.45, 2.75) is 19.9 Å². The highest BCUT2D eigenvalue weighted by atomic mass is 16.6. The molecule has 0 amide bonds. The number of aliphatic imine (C=N–C) groups is 1. The summed E-state index contributed by atoms with van der Waals surface area (Å²) in [5, 5.41) is 13.5. The first-order chi connectivity index (χ1) is 10.5. The largest absolute Gasteiger partial charge is 0.463 e. The van der Waals surface area contributed by atoms with Crippen molar-refractivity contribution in [2.24, 2.45) is 10.8 Å². The van der Waals surface area contributed by atoms with E-state index in [1.54, 1.807) is 13.8 Å². The summed E-state index contributed by atoms with van der Waals surface area (Å²) in [4.78, 5) is 26.3. The van der Waals surface area contributed by atoms with Crippen LogP contribution in [0.4, 0.5) is 5.88 Å². The molecule has 0 spiro atoms. The summed E-state index contributed by atoms with van der Waals surface area (Å²) in [6.45, 7) is 3.50. The number of nitrogens with two attached hydrogens (primary N) is 1. The van der Waals surface area contributed by atoms with E-state index in [0.29, 0.717) is 5.70 Å². The summed E-state index contributed by atoms with van der Waals surface area (Å²) >= 11 is 0. The van der Waals surface area contributed by atoms with Gasteiger partial charge in [-0.3, -0.25) is 15.5 Å². The van der Waals surface area contributed by atoms with Crippen LogP contribution < -0.4 is 16.6 Å². The maximum absolute atomic E-state index is 12.1. The van der Waals surface area contributed by atoms with E-state index in [-0.39, 0.29) is 23.9 Å². The monoisotopic (exact) mass is 309 g/mol. The molecule has 118 valence electrons. The number of nitrogens with one attached hydrogen (secondary N) is 2. The van der Waals surface area contributed by atoms with Crippen LogP contribution in [0.25, 0.3) is 0 Å². The molecule has 0 aliphatic carbocycles. The molecule has 0 saturated carbocycles. The third kappa shape index (κ3) is 2.91. The van der Waals surface area contributed by atoms with Gasteiger partial charge in [-0.15, -0.1) is 0 Å². The van der Waals surface area contributed by atoms with Crippen molar-refractivity contribution in [3.8, 4) is 0 Å². The number of allylic oxidation sites excluding steroid dienone is 1. The van der Waals surface area contributed by atoms with E-state index in [0.717, 1.165) is 0 Å². The Morgan fingerprint density at radius 1 is 1.64 bits per heavy atom. The smallest absolute Gasteiger partial charge is 0.433 e. The van der Waals surface area contributed by atoms with Crippen LogP contribution in [0, 0.1) is 10.1 Å². The predicted octanol–water partition coefficient (Wildman–Crippen LogP) is 0.489. The van der Waals surface area contributed by atoms with Gasteiger partial charge in [0.2, 0.25) is 5.96 Å². The minimum Gasteiger partial charge on any atom is -0.463 e. The first-order valence-electron chi connectivity index (χ1n) is 6.41. The molecule has 1 aliphatic rings. The first-order valence-corrected chi connectivity index (χ1v) is 6.41. The van der Waals surface area contributed by atoms with Crippen LogP contribution in [0.5, 0.6) is 0 Å². The Labute approximate surface area is 125 Å². The lowest BCUT2D eigenvalue weighted by Gasteiger charge is -2.23. The Hall–Kier alpha value is -2.88. The van der Waals surface area contributed by atoms with E-state index in [9.17, 15) is 14.9 Å². The predicted molar refractivity (Wildman–Crippen MR) is 75.3 cm³/mol. The zero-order valence-electron chi connectivity index (χ0n) is 12.0. The van der Waals surface area contributed by atoms with Crippen molar-refractivity contribution < 1.29 is 18.9 Å². The average molecular weight is 309 g/mol. The molecule has 1 aromatic heterocycles. The summed E-state index contributed by atoms with van der Waals surface area (Å²) in [5.74, 6) is 4.64. The number of nitro groups is 1. The lowest BCUT2D eigenvalue weighted by molar-refractivity contribution is -0.402. The second kappa shape index (κ2) is 6.26. The normalized spacial score (nSPS) is 17.6. The molecule has 0 unspecified atom stereocenters. The number of hydrazine groups is 1. The van der Waals surface area contributed by atoms with Crippen molar-refractivity contribution in [1.82, 2.24) is 10.7 Å². The van der Waals surface area contributed by atoms with Gasteiger partial charge < -0.3 is 14.5 Å². The molecule has 22 heavy (non-hydrogen) atoms. The molecule has 2 rings (SSSR count). The van der Waals surface area contributed by atoms with Gasteiger partial charge in [0.15, 0.2) is 0 Å². The number of nitrogens with zero attached hydrogens (tertiary/aromatic N) is 2. The average Bonchev–Trinajstić information content (AvgIpc) is 2.96. The van der Waals surface area contributed by atoms with Crippen LogP contribution in [0.1, 0.15) is 25.6 Å². The third-order valence-corrected chi connectivity index (χ3v) is 2.94. The molecular formula is C12H15N5O5.